The van der Waals surface area contributed by atoms with Crippen LogP contribution in [0.3, 0.4) is 0 Å². The fourth-order valence-electron chi connectivity index (χ4n) is 3.96. The fourth-order valence-corrected chi connectivity index (χ4v) is 6.65. The van der Waals surface area contributed by atoms with Gasteiger partial charge in [-0.1, -0.05) is 30.2 Å². The number of amides is 1. The molecule has 0 unspecified atom stereocenters. The molecule has 11 heteroatoms. The van der Waals surface area contributed by atoms with Crippen molar-refractivity contribution in [3.63, 3.8) is 0 Å². The maximum absolute atomic E-state index is 14.6. The van der Waals surface area contributed by atoms with Gasteiger partial charge in [0, 0.05) is 34.6 Å². The molecule has 2 aromatic carbocycles. The molecule has 0 aliphatic carbocycles. The van der Waals surface area contributed by atoms with Crippen LogP contribution in [0, 0.1) is 5.82 Å². The second kappa shape index (κ2) is 11.1. The monoisotopic (exact) mass is 550 g/mol. The zero-order valence-electron chi connectivity index (χ0n) is 19.4. The van der Waals surface area contributed by atoms with E-state index in [0.717, 1.165) is 29.9 Å². The van der Waals surface area contributed by atoms with Crippen LogP contribution >= 0.6 is 22.9 Å². The first-order valence-electron chi connectivity index (χ1n) is 11.4. The van der Waals surface area contributed by atoms with E-state index in [9.17, 15) is 22.4 Å². The van der Waals surface area contributed by atoms with Crippen LogP contribution in [0.1, 0.15) is 46.9 Å². The number of thiophene rings is 1. The van der Waals surface area contributed by atoms with Crippen molar-refractivity contribution >= 4 is 49.8 Å². The molecule has 1 fully saturated rings. The number of halogens is 2. The molecule has 4 rings (SSSR count). The minimum absolute atomic E-state index is 0.0526. The van der Waals surface area contributed by atoms with Gasteiger partial charge in [-0.3, -0.25) is 4.79 Å². The van der Waals surface area contributed by atoms with E-state index >= 15 is 0 Å². The van der Waals surface area contributed by atoms with Gasteiger partial charge in [0.25, 0.3) is 5.91 Å². The molecule has 0 atom stereocenters. The summed E-state index contributed by atoms with van der Waals surface area (Å²) in [7, 11) is -4.09. The Morgan fingerprint density at radius 2 is 1.81 bits per heavy atom. The zero-order valence-corrected chi connectivity index (χ0v) is 21.8. The van der Waals surface area contributed by atoms with Crippen molar-refractivity contribution in [2.45, 2.75) is 31.1 Å². The second-order valence-electron chi connectivity index (χ2n) is 8.14. The Hall–Kier alpha value is -2.79. The molecule has 1 amide bonds. The topological polar surface area (TPSA) is 92.8 Å². The molecule has 0 radical (unpaired) electrons. The molecular weight excluding hydrogens is 527 g/mol. The van der Waals surface area contributed by atoms with Crippen LogP contribution in [0.15, 0.2) is 52.7 Å². The normalized spacial score (nSPS) is 14.4. The Morgan fingerprint density at radius 1 is 1.11 bits per heavy atom. The third-order valence-corrected chi connectivity index (χ3v) is 8.84. The number of rotatable bonds is 7. The number of sulfonamides is 1. The number of anilines is 1. The van der Waals surface area contributed by atoms with E-state index in [0.29, 0.717) is 42.1 Å². The van der Waals surface area contributed by atoms with Crippen LogP contribution in [-0.2, 0) is 14.8 Å². The maximum atomic E-state index is 14.6. The Morgan fingerprint density at radius 3 is 2.47 bits per heavy atom. The Balaban J connectivity index is 1.66. The Labute approximate surface area is 217 Å². The van der Waals surface area contributed by atoms with Gasteiger partial charge in [0.05, 0.1) is 6.61 Å². The van der Waals surface area contributed by atoms with Gasteiger partial charge in [-0.2, -0.15) is 4.31 Å². The standard InChI is InChI=1S/C25H24ClFN2O5S2/c1-2-34-25(31)22-19(16-6-9-18(26)10-7-16)15-35-24(22)28-23(30)17-8-11-20(27)21(14-17)36(32,33)29-12-4-3-5-13-29/h6-11,14-15H,2-5,12-13H2,1H3,(H,28,30). The highest BCUT2D eigenvalue weighted by Crippen LogP contribution is 2.37. The van der Waals surface area contributed by atoms with Crippen molar-refractivity contribution in [1.29, 1.82) is 0 Å². The fraction of sp³-hybridized carbons (Fsp3) is 0.280. The Bertz CT molecular complexity index is 1380. The number of hydrogen-bond donors (Lipinski definition) is 1. The van der Waals surface area contributed by atoms with Gasteiger partial charge in [-0.15, -0.1) is 11.3 Å². The van der Waals surface area contributed by atoms with E-state index in [4.69, 9.17) is 16.3 Å². The number of carbonyl (C=O) groups excluding carboxylic acids is 2. The lowest BCUT2D eigenvalue weighted by Gasteiger charge is -2.26. The van der Waals surface area contributed by atoms with Crippen LogP contribution < -0.4 is 5.32 Å². The highest BCUT2D eigenvalue weighted by atomic mass is 35.5. The summed E-state index contributed by atoms with van der Waals surface area (Å²) in [5.74, 6) is -2.22. The van der Waals surface area contributed by atoms with E-state index in [1.54, 1.807) is 36.6 Å². The number of nitrogens with one attached hydrogen (secondary N) is 1. The van der Waals surface area contributed by atoms with Crippen LogP contribution in [-0.4, -0.2) is 44.3 Å². The molecule has 0 spiro atoms. The molecule has 36 heavy (non-hydrogen) atoms. The number of ether oxygens (including phenoxy) is 1. The number of esters is 1. The quantitative estimate of drug-likeness (QED) is 0.375. The van der Waals surface area contributed by atoms with E-state index in [2.05, 4.69) is 5.32 Å². The summed E-state index contributed by atoms with van der Waals surface area (Å²) in [5.41, 5.74) is 1.37. The van der Waals surface area contributed by atoms with Gasteiger partial charge in [-0.25, -0.2) is 17.6 Å². The van der Waals surface area contributed by atoms with Crippen molar-refractivity contribution in [3.05, 3.63) is 69.8 Å². The van der Waals surface area contributed by atoms with Gasteiger partial charge in [0.1, 0.15) is 21.3 Å². The molecule has 1 aliphatic heterocycles. The largest absolute Gasteiger partial charge is 0.462 e. The van der Waals surface area contributed by atoms with E-state index in [1.807, 2.05) is 0 Å². The molecule has 1 saturated heterocycles. The smallest absolute Gasteiger partial charge is 0.341 e. The van der Waals surface area contributed by atoms with Crippen LogP contribution in [0.25, 0.3) is 11.1 Å². The van der Waals surface area contributed by atoms with Gasteiger partial charge in [-0.05, 0) is 55.7 Å². The van der Waals surface area contributed by atoms with E-state index < -0.39 is 32.6 Å². The molecule has 0 bridgehead atoms. The molecule has 7 nitrogen and oxygen atoms in total. The third kappa shape index (κ3) is 5.46. The predicted molar refractivity (Wildman–Crippen MR) is 138 cm³/mol. The second-order valence-corrected chi connectivity index (χ2v) is 11.4. The van der Waals surface area contributed by atoms with Crippen LogP contribution in [0.2, 0.25) is 5.02 Å². The predicted octanol–water partition coefficient (Wildman–Crippen LogP) is 5.81. The zero-order chi connectivity index (χ0) is 25.9. The summed E-state index contributed by atoms with van der Waals surface area (Å²) in [6.45, 7) is 2.43. The number of carbonyl (C=O) groups is 2. The van der Waals surface area contributed by atoms with Crippen LogP contribution in [0.5, 0.6) is 0 Å². The molecule has 0 saturated carbocycles. The molecule has 1 N–H and O–H groups in total. The van der Waals surface area contributed by atoms with Crippen molar-refractivity contribution in [3.8, 4) is 11.1 Å². The summed E-state index contributed by atoms with van der Waals surface area (Å²) in [5, 5.41) is 5.14. The van der Waals surface area contributed by atoms with E-state index in [1.165, 1.54) is 10.4 Å². The van der Waals surface area contributed by atoms with E-state index in [-0.39, 0.29) is 22.7 Å². The summed E-state index contributed by atoms with van der Waals surface area (Å²) in [6.07, 6.45) is 2.32. The van der Waals surface area contributed by atoms with Gasteiger partial charge in [0.15, 0.2) is 0 Å². The van der Waals surface area contributed by atoms with Gasteiger partial charge < -0.3 is 10.1 Å². The molecular formula is C25H24ClFN2O5S2. The number of piperidine rings is 1. The third-order valence-electron chi connectivity index (χ3n) is 5.78. The van der Waals surface area contributed by atoms with Crippen molar-refractivity contribution in [1.82, 2.24) is 4.31 Å². The van der Waals surface area contributed by atoms with Gasteiger partial charge in [0.2, 0.25) is 10.0 Å². The summed E-state index contributed by atoms with van der Waals surface area (Å²) >= 11 is 7.10. The Kier molecular flexibility index (Phi) is 8.09. The number of hydrogen-bond acceptors (Lipinski definition) is 6. The van der Waals surface area contributed by atoms with Crippen molar-refractivity contribution in [2.24, 2.45) is 0 Å². The average molecular weight is 551 g/mol. The summed E-state index contributed by atoms with van der Waals surface area (Å²) < 4.78 is 47.1. The molecule has 3 aromatic rings. The molecule has 1 aliphatic rings. The lowest BCUT2D eigenvalue weighted by atomic mass is 10.0. The highest BCUT2D eigenvalue weighted by molar-refractivity contribution is 7.89. The molecule has 1 aromatic heterocycles. The SMILES string of the molecule is CCOC(=O)c1c(-c2ccc(Cl)cc2)csc1NC(=O)c1ccc(F)c(S(=O)(=O)N2CCCCC2)c1. The van der Waals surface area contributed by atoms with Crippen LogP contribution in [0.4, 0.5) is 9.39 Å². The van der Waals surface area contributed by atoms with Gasteiger partial charge >= 0.3 is 5.97 Å². The lowest BCUT2D eigenvalue weighted by Crippen LogP contribution is -2.36. The average Bonchev–Trinajstić information content (AvgIpc) is 3.28. The van der Waals surface area contributed by atoms with Crippen molar-refractivity contribution < 1.29 is 27.1 Å². The first-order valence-corrected chi connectivity index (χ1v) is 14.1. The number of nitrogens with zero attached hydrogens (tertiary/aromatic N) is 1. The minimum atomic E-state index is -4.09. The maximum Gasteiger partial charge on any atom is 0.341 e. The summed E-state index contributed by atoms with van der Waals surface area (Å²) in [6, 6.07) is 10.1. The highest BCUT2D eigenvalue weighted by Gasteiger charge is 2.30. The number of benzene rings is 2. The first-order chi connectivity index (χ1) is 17.2. The molecule has 2 heterocycles. The van der Waals surface area contributed by atoms with Crippen molar-refractivity contribution in [2.75, 3.05) is 25.0 Å². The first kappa shape index (κ1) is 26.3. The molecule has 190 valence electrons. The summed E-state index contributed by atoms with van der Waals surface area (Å²) in [4.78, 5) is 25.3. The lowest BCUT2D eigenvalue weighted by molar-refractivity contribution is 0.0529. The minimum Gasteiger partial charge on any atom is -0.462 e.